The number of carbonyl (C=O) groups excluding carboxylic acids is 1. The number of aromatic nitrogens is 1. The lowest BCUT2D eigenvalue weighted by atomic mass is 9.95. The molecule has 1 aromatic carbocycles. The lowest BCUT2D eigenvalue weighted by molar-refractivity contribution is -0.126. The number of benzene rings is 1. The summed E-state index contributed by atoms with van der Waals surface area (Å²) in [6, 6.07) is 7.48. The molecule has 126 valence electrons. The number of rotatable bonds is 3. The van der Waals surface area contributed by atoms with E-state index in [1.165, 1.54) is 11.3 Å². The molecule has 2 aromatic heterocycles. The first kappa shape index (κ1) is 17.0. The van der Waals surface area contributed by atoms with E-state index in [0.717, 1.165) is 21.5 Å². The summed E-state index contributed by atoms with van der Waals surface area (Å²) in [5.41, 5.74) is 1.25. The Kier molecular flexibility index (Phi) is 4.40. The van der Waals surface area contributed by atoms with Crippen molar-refractivity contribution in [3.05, 3.63) is 46.9 Å². The van der Waals surface area contributed by atoms with Crippen molar-refractivity contribution >= 4 is 44.2 Å². The highest BCUT2D eigenvalue weighted by Gasteiger charge is 2.31. The average molecular weight is 363 g/mol. The fourth-order valence-electron chi connectivity index (χ4n) is 2.39. The summed E-state index contributed by atoms with van der Waals surface area (Å²) >= 11 is 7.68. The van der Waals surface area contributed by atoms with Crippen LogP contribution in [-0.2, 0) is 11.3 Å². The van der Waals surface area contributed by atoms with E-state index in [0.29, 0.717) is 16.7 Å². The molecule has 0 radical (unpaired) electrons. The topological polar surface area (TPSA) is 46.3 Å². The predicted molar refractivity (Wildman–Crippen MR) is 98.7 cm³/mol. The van der Waals surface area contributed by atoms with Gasteiger partial charge in [0.05, 0.1) is 23.0 Å². The number of fused-ring (bicyclic) bond motifs is 1. The first-order valence-electron chi connectivity index (χ1n) is 7.67. The third kappa shape index (κ3) is 3.19. The van der Waals surface area contributed by atoms with E-state index in [1.807, 2.05) is 52.0 Å². The Labute approximate surface area is 150 Å². The molecule has 6 heteroatoms. The fraction of sp³-hybridized carbons (Fsp3) is 0.333. The highest BCUT2D eigenvalue weighted by Crippen LogP contribution is 2.35. The summed E-state index contributed by atoms with van der Waals surface area (Å²) in [6.07, 6.45) is 1.61. The molecule has 0 saturated carbocycles. The summed E-state index contributed by atoms with van der Waals surface area (Å²) in [5.74, 6) is 0.725. The zero-order valence-electron chi connectivity index (χ0n) is 14.1. The molecule has 0 aliphatic heterocycles. The third-order valence-electron chi connectivity index (χ3n) is 3.75. The molecule has 24 heavy (non-hydrogen) atoms. The summed E-state index contributed by atoms with van der Waals surface area (Å²) in [4.78, 5) is 19.3. The number of halogens is 1. The molecule has 1 amide bonds. The molecule has 0 saturated heterocycles. The Bertz CT molecular complexity index is 878. The number of hydrogen-bond acceptors (Lipinski definition) is 4. The van der Waals surface area contributed by atoms with E-state index in [-0.39, 0.29) is 5.91 Å². The van der Waals surface area contributed by atoms with Crippen molar-refractivity contribution in [3.63, 3.8) is 0 Å². The first-order valence-corrected chi connectivity index (χ1v) is 8.87. The molecule has 0 spiro atoms. The van der Waals surface area contributed by atoms with E-state index in [1.54, 1.807) is 11.2 Å². The second-order valence-electron chi connectivity index (χ2n) is 6.74. The molecule has 4 nitrogen and oxygen atoms in total. The minimum absolute atomic E-state index is 0.00158. The minimum atomic E-state index is -0.517. The Morgan fingerprint density at radius 3 is 2.71 bits per heavy atom. The number of anilines is 1. The van der Waals surface area contributed by atoms with E-state index in [4.69, 9.17) is 16.0 Å². The Hall–Kier alpha value is -1.85. The van der Waals surface area contributed by atoms with Crippen molar-refractivity contribution in [2.24, 2.45) is 5.41 Å². The predicted octanol–water partition coefficient (Wildman–Crippen LogP) is 5.43. The van der Waals surface area contributed by atoms with E-state index in [9.17, 15) is 4.79 Å². The molecular weight excluding hydrogens is 344 g/mol. The quantitative estimate of drug-likeness (QED) is 0.624. The van der Waals surface area contributed by atoms with Crippen molar-refractivity contribution in [1.82, 2.24) is 4.98 Å². The van der Waals surface area contributed by atoms with Crippen LogP contribution in [0.15, 0.2) is 34.9 Å². The molecule has 0 bridgehead atoms. The number of nitrogens with zero attached hydrogens (tertiary/aromatic N) is 2. The fourth-order valence-corrected chi connectivity index (χ4v) is 3.57. The Morgan fingerprint density at radius 2 is 2.08 bits per heavy atom. The highest BCUT2D eigenvalue weighted by atomic mass is 35.5. The molecule has 2 heterocycles. The van der Waals surface area contributed by atoms with Crippen LogP contribution in [0.2, 0.25) is 5.02 Å². The highest BCUT2D eigenvalue weighted by molar-refractivity contribution is 7.22. The maximum Gasteiger partial charge on any atom is 0.234 e. The molecule has 0 N–H and O–H groups in total. The normalized spacial score (nSPS) is 11.9. The van der Waals surface area contributed by atoms with Crippen LogP contribution in [0.4, 0.5) is 5.13 Å². The van der Waals surface area contributed by atoms with Crippen LogP contribution in [0.25, 0.3) is 10.2 Å². The summed E-state index contributed by atoms with van der Waals surface area (Å²) in [7, 11) is 0. The van der Waals surface area contributed by atoms with Crippen molar-refractivity contribution in [2.75, 3.05) is 4.90 Å². The zero-order valence-corrected chi connectivity index (χ0v) is 15.7. The van der Waals surface area contributed by atoms with E-state index < -0.39 is 5.41 Å². The van der Waals surface area contributed by atoms with Gasteiger partial charge in [0, 0.05) is 10.4 Å². The van der Waals surface area contributed by atoms with Crippen molar-refractivity contribution in [3.8, 4) is 0 Å². The summed E-state index contributed by atoms with van der Waals surface area (Å²) < 4.78 is 6.44. The van der Waals surface area contributed by atoms with Crippen LogP contribution in [0.3, 0.4) is 0 Å². The lowest BCUT2D eigenvalue weighted by Crippen LogP contribution is -2.39. The molecular formula is C18H19ClN2O2S. The maximum atomic E-state index is 12.9. The van der Waals surface area contributed by atoms with Crippen molar-refractivity contribution < 1.29 is 9.21 Å². The number of aryl methyl sites for hydroxylation is 1. The largest absolute Gasteiger partial charge is 0.467 e. The maximum absolute atomic E-state index is 12.9. The lowest BCUT2D eigenvalue weighted by Gasteiger charge is -2.26. The van der Waals surface area contributed by atoms with Gasteiger partial charge in [-0.3, -0.25) is 9.69 Å². The van der Waals surface area contributed by atoms with Gasteiger partial charge in [0.2, 0.25) is 5.91 Å². The van der Waals surface area contributed by atoms with Crippen LogP contribution in [0.1, 0.15) is 32.1 Å². The standard InChI is InChI=1S/C18H19ClN2O2S/c1-11-13(19)7-8-14-15(11)20-17(24-14)21(16(22)18(2,3)4)10-12-6-5-9-23-12/h5-9H,10H2,1-4H3. The number of hydrogen-bond donors (Lipinski definition) is 0. The van der Waals surface area contributed by atoms with Gasteiger partial charge in [-0.2, -0.15) is 0 Å². The van der Waals surface area contributed by atoms with Crippen LogP contribution < -0.4 is 4.90 Å². The van der Waals surface area contributed by atoms with Gasteiger partial charge in [-0.25, -0.2) is 4.98 Å². The second-order valence-corrected chi connectivity index (χ2v) is 8.15. The van der Waals surface area contributed by atoms with Gasteiger partial charge in [0.25, 0.3) is 0 Å². The first-order chi connectivity index (χ1) is 11.3. The molecule has 3 rings (SSSR count). The van der Waals surface area contributed by atoms with E-state index in [2.05, 4.69) is 4.98 Å². The Balaban J connectivity index is 2.08. The van der Waals surface area contributed by atoms with Gasteiger partial charge in [-0.05, 0) is 36.8 Å². The molecule has 0 fully saturated rings. The molecule has 0 aliphatic carbocycles. The minimum Gasteiger partial charge on any atom is -0.467 e. The van der Waals surface area contributed by atoms with Crippen LogP contribution in [-0.4, -0.2) is 10.9 Å². The number of amides is 1. The number of carbonyl (C=O) groups is 1. The van der Waals surface area contributed by atoms with Crippen LogP contribution in [0.5, 0.6) is 0 Å². The Morgan fingerprint density at radius 1 is 1.33 bits per heavy atom. The molecule has 0 atom stereocenters. The summed E-state index contributed by atoms with van der Waals surface area (Å²) in [6.45, 7) is 8.01. The van der Waals surface area contributed by atoms with Gasteiger partial charge in [-0.15, -0.1) is 0 Å². The third-order valence-corrected chi connectivity index (χ3v) is 5.20. The number of thiazole rings is 1. The second kappa shape index (κ2) is 6.22. The van der Waals surface area contributed by atoms with Gasteiger partial charge < -0.3 is 4.42 Å². The summed E-state index contributed by atoms with van der Waals surface area (Å²) in [5, 5.41) is 1.34. The molecule has 0 aliphatic rings. The van der Waals surface area contributed by atoms with E-state index >= 15 is 0 Å². The molecule has 0 unspecified atom stereocenters. The molecule has 3 aromatic rings. The van der Waals surface area contributed by atoms with Gasteiger partial charge in [-0.1, -0.05) is 43.7 Å². The number of furan rings is 1. The zero-order chi connectivity index (χ0) is 17.5. The monoisotopic (exact) mass is 362 g/mol. The van der Waals surface area contributed by atoms with Gasteiger partial charge in [0.15, 0.2) is 5.13 Å². The van der Waals surface area contributed by atoms with Gasteiger partial charge in [0.1, 0.15) is 5.76 Å². The van der Waals surface area contributed by atoms with Crippen LogP contribution >= 0.6 is 22.9 Å². The van der Waals surface area contributed by atoms with Gasteiger partial charge >= 0.3 is 0 Å². The smallest absolute Gasteiger partial charge is 0.234 e. The van der Waals surface area contributed by atoms with Crippen LogP contribution in [0, 0.1) is 12.3 Å². The SMILES string of the molecule is Cc1c(Cl)ccc2sc(N(Cc3ccco3)C(=O)C(C)(C)C)nc12. The van der Waals surface area contributed by atoms with Crippen molar-refractivity contribution in [2.45, 2.75) is 34.2 Å². The average Bonchev–Trinajstić information content (AvgIpc) is 3.16. The van der Waals surface area contributed by atoms with Crippen molar-refractivity contribution in [1.29, 1.82) is 0 Å².